The zero-order valence-corrected chi connectivity index (χ0v) is 18.3. The van der Waals surface area contributed by atoms with E-state index in [4.69, 9.17) is 5.73 Å². The van der Waals surface area contributed by atoms with Crippen molar-refractivity contribution in [3.05, 3.63) is 65.3 Å². The third-order valence-corrected chi connectivity index (χ3v) is 4.41. The summed E-state index contributed by atoms with van der Waals surface area (Å²) in [6.45, 7) is 4.36. The molecule has 1 aromatic carbocycles. The van der Waals surface area contributed by atoms with Gasteiger partial charge in [0.2, 0.25) is 0 Å². The van der Waals surface area contributed by atoms with E-state index in [0.29, 0.717) is 24.4 Å². The summed E-state index contributed by atoms with van der Waals surface area (Å²) in [7, 11) is 0. The Bertz CT molecular complexity index is 966. The van der Waals surface area contributed by atoms with Crippen LogP contribution in [-0.4, -0.2) is 42.5 Å². The van der Waals surface area contributed by atoms with E-state index in [0.717, 1.165) is 36.4 Å². The molecule has 0 aliphatic carbocycles. The predicted octanol–water partition coefficient (Wildman–Crippen LogP) is 3.80. The highest BCUT2D eigenvalue weighted by Crippen LogP contribution is 2.22. The number of imide groups is 1. The zero-order valence-electron chi connectivity index (χ0n) is 18.3. The van der Waals surface area contributed by atoms with Gasteiger partial charge in [-0.15, -0.1) is 13.2 Å². The Morgan fingerprint density at radius 1 is 1.27 bits per heavy atom. The SMILES string of the molecule is CCCC(N)=C(C=NC1=CC=CNC1)N(CC)C(=O)NC(=O)c1ccc(OC(F)(F)F)cc1. The Morgan fingerprint density at radius 3 is 2.52 bits per heavy atom. The fourth-order valence-corrected chi connectivity index (χ4v) is 2.87. The molecule has 0 aromatic heterocycles. The van der Waals surface area contributed by atoms with Crippen LogP contribution in [0.5, 0.6) is 5.75 Å². The van der Waals surface area contributed by atoms with Gasteiger partial charge in [-0.2, -0.15) is 0 Å². The van der Waals surface area contributed by atoms with Crippen molar-refractivity contribution in [1.29, 1.82) is 0 Å². The number of alkyl halides is 3. The van der Waals surface area contributed by atoms with E-state index in [9.17, 15) is 22.8 Å². The summed E-state index contributed by atoms with van der Waals surface area (Å²) < 4.78 is 40.6. The number of urea groups is 1. The van der Waals surface area contributed by atoms with Crippen molar-refractivity contribution >= 4 is 18.2 Å². The monoisotopic (exact) mass is 465 g/mol. The molecule has 178 valence electrons. The Labute approximate surface area is 189 Å². The van der Waals surface area contributed by atoms with Gasteiger partial charge >= 0.3 is 12.4 Å². The van der Waals surface area contributed by atoms with E-state index in [1.54, 1.807) is 19.2 Å². The minimum absolute atomic E-state index is 0.0140. The topological polar surface area (TPSA) is 109 Å². The van der Waals surface area contributed by atoms with Gasteiger partial charge in [0.25, 0.3) is 5.91 Å². The molecule has 0 bridgehead atoms. The lowest BCUT2D eigenvalue weighted by Gasteiger charge is -2.23. The number of ether oxygens (including phenoxy) is 1. The first-order valence-electron chi connectivity index (χ1n) is 10.2. The molecule has 0 atom stereocenters. The van der Waals surface area contributed by atoms with Gasteiger partial charge in [-0.05, 0) is 56.0 Å². The highest BCUT2D eigenvalue weighted by atomic mass is 19.4. The number of nitrogens with zero attached hydrogens (tertiary/aromatic N) is 2. The van der Waals surface area contributed by atoms with Crippen LogP contribution in [0.15, 0.2) is 64.7 Å². The van der Waals surface area contributed by atoms with Gasteiger partial charge in [0.1, 0.15) is 5.75 Å². The quantitative estimate of drug-likeness (QED) is 0.506. The molecule has 0 saturated heterocycles. The van der Waals surface area contributed by atoms with Gasteiger partial charge in [0.05, 0.1) is 24.2 Å². The van der Waals surface area contributed by atoms with Crippen LogP contribution in [0.2, 0.25) is 0 Å². The number of hydrogen-bond acceptors (Lipinski definition) is 6. The number of amides is 3. The van der Waals surface area contributed by atoms with E-state index in [2.05, 4.69) is 20.4 Å². The lowest BCUT2D eigenvalue weighted by Crippen LogP contribution is -2.43. The van der Waals surface area contributed by atoms with Crippen molar-refractivity contribution < 1.29 is 27.5 Å². The smallest absolute Gasteiger partial charge is 0.406 e. The van der Waals surface area contributed by atoms with E-state index in [-0.39, 0.29) is 12.1 Å². The Hall–Kier alpha value is -3.76. The maximum Gasteiger partial charge on any atom is 0.573 e. The third kappa shape index (κ3) is 8.02. The first-order chi connectivity index (χ1) is 15.6. The molecular formula is C22H26F3N5O3. The molecule has 33 heavy (non-hydrogen) atoms. The number of nitrogens with one attached hydrogen (secondary N) is 2. The number of carbonyl (C=O) groups excluding carboxylic acids is 2. The number of dihydropyridines is 1. The Kier molecular flexibility index (Phi) is 9.08. The molecule has 1 heterocycles. The second kappa shape index (κ2) is 11.7. The molecular weight excluding hydrogens is 439 g/mol. The summed E-state index contributed by atoms with van der Waals surface area (Å²) in [6.07, 6.45) is 3.27. The highest BCUT2D eigenvalue weighted by Gasteiger charge is 2.31. The van der Waals surface area contributed by atoms with Gasteiger partial charge in [0.15, 0.2) is 0 Å². The summed E-state index contributed by atoms with van der Waals surface area (Å²) in [5.74, 6) is -1.26. The molecule has 0 radical (unpaired) electrons. The molecule has 11 heteroatoms. The van der Waals surface area contributed by atoms with E-state index < -0.39 is 24.1 Å². The second-order valence-electron chi connectivity index (χ2n) is 6.89. The van der Waals surface area contributed by atoms with Crippen LogP contribution in [0, 0.1) is 0 Å². The number of rotatable bonds is 8. The third-order valence-electron chi connectivity index (χ3n) is 4.41. The van der Waals surface area contributed by atoms with Gasteiger partial charge in [-0.3, -0.25) is 20.0 Å². The van der Waals surface area contributed by atoms with Crippen LogP contribution in [0.25, 0.3) is 0 Å². The molecule has 3 amide bonds. The van der Waals surface area contributed by atoms with Gasteiger partial charge in [-0.25, -0.2) is 4.79 Å². The number of nitrogens with two attached hydrogens (primary N) is 1. The van der Waals surface area contributed by atoms with Crippen molar-refractivity contribution in [2.24, 2.45) is 10.7 Å². The van der Waals surface area contributed by atoms with Crippen molar-refractivity contribution in [1.82, 2.24) is 15.5 Å². The molecule has 1 aromatic rings. The van der Waals surface area contributed by atoms with Crippen LogP contribution in [0.3, 0.4) is 0 Å². The number of benzene rings is 1. The standard InChI is InChI=1S/C22H26F3N5O3/c1-3-6-18(26)19(14-28-16-7-5-12-27-13-16)30(4-2)21(32)29-20(31)15-8-10-17(11-9-15)33-22(23,24)25/h5,7-12,14,27H,3-4,6,13,26H2,1-2H3,(H,29,31,32). The van der Waals surface area contributed by atoms with Crippen molar-refractivity contribution in [3.63, 3.8) is 0 Å². The molecule has 0 saturated carbocycles. The number of hydrogen-bond donors (Lipinski definition) is 3. The first kappa shape index (κ1) is 25.5. The fourth-order valence-electron chi connectivity index (χ4n) is 2.87. The number of carbonyl (C=O) groups is 2. The lowest BCUT2D eigenvalue weighted by atomic mass is 10.2. The lowest BCUT2D eigenvalue weighted by molar-refractivity contribution is -0.274. The van der Waals surface area contributed by atoms with Crippen LogP contribution in [-0.2, 0) is 0 Å². The highest BCUT2D eigenvalue weighted by molar-refractivity contribution is 6.05. The molecule has 0 spiro atoms. The minimum atomic E-state index is -4.84. The summed E-state index contributed by atoms with van der Waals surface area (Å²) in [4.78, 5) is 31.0. The van der Waals surface area contributed by atoms with Crippen molar-refractivity contribution in [3.8, 4) is 5.75 Å². The predicted molar refractivity (Wildman–Crippen MR) is 118 cm³/mol. The number of aliphatic imine (C=N–C) groups is 1. The van der Waals surface area contributed by atoms with E-state index in [1.807, 2.05) is 13.0 Å². The van der Waals surface area contributed by atoms with Gasteiger partial charge in [0, 0.05) is 17.8 Å². The minimum Gasteiger partial charge on any atom is -0.406 e. The number of halogens is 3. The summed E-state index contributed by atoms with van der Waals surface area (Å²) in [5, 5.41) is 5.25. The van der Waals surface area contributed by atoms with Crippen molar-refractivity contribution in [2.75, 3.05) is 13.1 Å². The van der Waals surface area contributed by atoms with Crippen LogP contribution in [0.4, 0.5) is 18.0 Å². The maximum absolute atomic E-state index is 12.8. The fraction of sp³-hybridized carbons (Fsp3) is 0.318. The van der Waals surface area contributed by atoms with Gasteiger partial charge < -0.3 is 15.8 Å². The summed E-state index contributed by atoms with van der Waals surface area (Å²) in [6, 6.07) is 3.48. The van der Waals surface area contributed by atoms with Gasteiger partial charge in [-0.1, -0.05) is 13.3 Å². The first-order valence-corrected chi connectivity index (χ1v) is 10.2. The van der Waals surface area contributed by atoms with Crippen molar-refractivity contribution in [2.45, 2.75) is 33.1 Å². The van der Waals surface area contributed by atoms with Crippen LogP contribution >= 0.6 is 0 Å². The average Bonchev–Trinajstić information content (AvgIpc) is 2.76. The largest absolute Gasteiger partial charge is 0.573 e. The number of allylic oxidation sites excluding steroid dienone is 4. The van der Waals surface area contributed by atoms with Crippen LogP contribution < -0.4 is 21.1 Å². The molecule has 0 fully saturated rings. The summed E-state index contributed by atoms with van der Waals surface area (Å²) >= 11 is 0. The Balaban J connectivity index is 2.18. The molecule has 1 aliphatic rings. The molecule has 2 rings (SSSR count). The second-order valence-corrected chi connectivity index (χ2v) is 6.89. The molecule has 4 N–H and O–H groups in total. The van der Waals surface area contributed by atoms with E-state index >= 15 is 0 Å². The molecule has 0 unspecified atom stereocenters. The van der Waals surface area contributed by atoms with E-state index in [1.165, 1.54) is 11.1 Å². The Morgan fingerprint density at radius 2 is 1.97 bits per heavy atom. The average molecular weight is 465 g/mol. The normalized spacial score (nSPS) is 14.3. The maximum atomic E-state index is 12.8. The summed E-state index contributed by atoms with van der Waals surface area (Å²) in [5.41, 5.74) is 7.70. The molecule has 8 nitrogen and oxygen atoms in total. The molecule has 1 aliphatic heterocycles. The zero-order chi connectivity index (χ0) is 24.4. The van der Waals surface area contributed by atoms with Crippen LogP contribution in [0.1, 0.15) is 37.0 Å².